The third-order valence-electron chi connectivity index (χ3n) is 4.56. The number of aromatic nitrogens is 2. The minimum Gasteiger partial charge on any atom is -0.254 e. The maximum absolute atomic E-state index is 10.4. The largest absolute Gasteiger partial charge is 0.254 e. The summed E-state index contributed by atoms with van der Waals surface area (Å²) in [5.74, 6) is 2.31. The van der Waals surface area contributed by atoms with E-state index in [0.29, 0.717) is 11.0 Å². The molecule has 2 bridgehead atoms. The van der Waals surface area contributed by atoms with Gasteiger partial charge in [-0.25, -0.2) is 10.1 Å². The number of nitrogens with zero attached hydrogens (tertiary/aromatic N) is 3. The first-order valence-corrected chi connectivity index (χ1v) is 7.31. The summed E-state index contributed by atoms with van der Waals surface area (Å²) in [5, 5.41) is 9.93. The van der Waals surface area contributed by atoms with Crippen molar-refractivity contribution in [2.45, 2.75) is 38.5 Å². The molecule has 5 rings (SSSR count). The number of pyridine rings is 1. The molecule has 5 heteroatoms. The summed E-state index contributed by atoms with van der Waals surface area (Å²) < 4.78 is 0.947. The minimum atomic E-state index is -0.482. The maximum Gasteiger partial charge on any atom is 0.169 e. The molecule has 3 aliphatic carbocycles. The van der Waals surface area contributed by atoms with Crippen LogP contribution >= 0.6 is 0 Å². The molecule has 5 nitrogen and oxygen atoms in total. The van der Waals surface area contributed by atoms with Crippen molar-refractivity contribution in [2.75, 3.05) is 0 Å². The predicted molar refractivity (Wildman–Crippen MR) is 76.8 cm³/mol. The Bertz CT molecular complexity index is 577. The van der Waals surface area contributed by atoms with Crippen molar-refractivity contribution in [3.05, 3.63) is 40.7 Å². The third-order valence-corrected chi connectivity index (χ3v) is 4.56. The van der Waals surface area contributed by atoms with Crippen molar-refractivity contribution in [2.24, 2.45) is 11.8 Å². The molecule has 3 saturated carbocycles. The van der Waals surface area contributed by atoms with Crippen molar-refractivity contribution >= 4 is 11.0 Å². The summed E-state index contributed by atoms with van der Waals surface area (Å²) in [6.45, 7) is 0. The quantitative estimate of drug-likeness (QED) is 0.588. The fourth-order valence-electron chi connectivity index (χ4n) is 3.38. The van der Waals surface area contributed by atoms with Crippen molar-refractivity contribution in [1.29, 1.82) is 0 Å². The van der Waals surface area contributed by atoms with Crippen LogP contribution in [0.3, 0.4) is 0 Å². The Balaban J connectivity index is 0.000000131. The molecule has 0 aromatic carbocycles. The second kappa shape index (κ2) is 5.61. The van der Waals surface area contributed by atoms with Crippen molar-refractivity contribution in [1.82, 2.24) is 9.66 Å². The summed E-state index contributed by atoms with van der Waals surface area (Å²) in [6.07, 6.45) is 12.4. The van der Waals surface area contributed by atoms with E-state index in [2.05, 4.69) is 4.98 Å². The smallest absolute Gasteiger partial charge is 0.169 e. The Morgan fingerprint density at radius 1 is 1.10 bits per heavy atom. The predicted octanol–water partition coefficient (Wildman–Crippen LogP) is 3.66. The van der Waals surface area contributed by atoms with Gasteiger partial charge in [-0.15, -0.1) is 0 Å². The summed E-state index contributed by atoms with van der Waals surface area (Å²) in [7, 11) is 0. The molecule has 0 atom stereocenters. The van der Waals surface area contributed by atoms with Crippen LogP contribution in [0.4, 0.5) is 0 Å². The molecule has 0 unspecified atom stereocenters. The van der Waals surface area contributed by atoms with Gasteiger partial charge in [0.15, 0.2) is 5.03 Å². The number of fused-ring (bicyclic) bond motifs is 4. The Morgan fingerprint density at radius 3 is 2.20 bits per heavy atom. The molecule has 0 aliphatic heterocycles. The average molecular weight is 273 g/mol. The van der Waals surface area contributed by atoms with Gasteiger partial charge in [0, 0.05) is 6.20 Å². The lowest BCUT2D eigenvalue weighted by Crippen LogP contribution is -2.21. The summed E-state index contributed by atoms with van der Waals surface area (Å²) >= 11 is 0. The van der Waals surface area contributed by atoms with Gasteiger partial charge in [0.1, 0.15) is 5.52 Å². The highest BCUT2D eigenvalue weighted by molar-refractivity contribution is 5.74. The molecule has 2 heterocycles. The van der Waals surface area contributed by atoms with Gasteiger partial charge >= 0.3 is 0 Å². The van der Waals surface area contributed by atoms with E-state index >= 15 is 0 Å². The Labute approximate surface area is 117 Å². The molecule has 106 valence electrons. The average Bonchev–Trinajstić information content (AvgIpc) is 2.94. The van der Waals surface area contributed by atoms with Gasteiger partial charge in [-0.3, -0.25) is 4.98 Å². The molecule has 0 spiro atoms. The van der Waals surface area contributed by atoms with Gasteiger partial charge in [-0.1, -0.05) is 43.2 Å². The van der Waals surface area contributed by atoms with Gasteiger partial charge < -0.3 is 0 Å². The van der Waals surface area contributed by atoms with Crippen LogP contribution in [0.2, 0.25) is 0 Å². The molecule has 0 amide bonds. The SMILES string of the molecule is C1CC2CCC1CC2.O=[N+]([O-])n1ccc2ncccc21. The molecule has 2 aromatic rings. The Hall–Kier alpha value is -1.91. The fourth-order valence-corrected chi connectivity index (χ4v) is 3.38. The first kappa shape index (κ1) is 13.1. The van der Waals surface area contributed by atoms with Gasteiger partial charge in [0.25, 0.3) is 0 Å². The molecule has 0 N–H and O–H groups in total. The van der Waals surface area contributed by atoms with Crippen LogP contribution in [-0.2, 0) is 0 Å². The molecule has 0 saturated heterocycles. The van der Waals surface area contributed by atoms with Gasteiger partial charge in [-0.2, -0.15) is 0 Å². The van der Waals surface area contributed by atoms with Crippen LogP contribution in [0.5, 0.6) is 0 Å². The molecule has 20 heavy (non-hydrogen) atoms. The highest BCUT2D eigenvalue weighted by atomic mass is 16.7. The number of hydrogen-bond acceptors (Lipinski definition) is 3. The van der Waals surface area contributed by atoms with E-state index in [9.17, 15) is 10.1 Å². The Morgan fingerprint density at radius 2 is 1.70 bits per heavy atom. The number of rotatable bonds is 1. The van der Waals surface area contributed by atoms with Crippen LogP contribution in [0.25, 0.3) is 11.0 Å². The van der Waals surface area contributed by atoms with Gasteiger partial charge in [0.2, 0.25) is 0 Å². The zero-order valence-corrected chi connectivity index (χ0v) is 11.4. The highest BCUT2D eigenvalue weighted by Crippen LogP contribution is 2.40. The first-order chi connectivity index (χ1) is 9.74. The van der Waals surface area contributed by atoms with E-state index in [1.54, 1.807) is 62.9 Å². The zero-order valence-electron chi connectivity index (χ0n) is 11.4. The van der Waals surface area contributed by atoms with Crippen LogP contribution in [-0.4, -0.2) is 14.7 Å². The summed E-state index contributed by atoms with van der Waals surface area (Å²) in [5.41, 5.74) is 1.15. The van der Waals surface area contributed by atoms with E-state index in [1.807, 2.05) is 0 Å². The minimum absolute atomic E-state index is 0.482. The lowest BCUT2D eigenvalue weighted by molar-refractivity contribution is -0.537. The van der Waals surface area contributed by atoms with Gasteiger partial charge in [-0.05, 0) is 30.0 Å². The summed E-state index contributed by atoms with van der Waals surface area (Å²) in [6, 6.07) is 4.94. The van der Waals surface area contributed by atoms with E-state index in [0.717, 1.165) is 16.5 Å². The number of hydrogen-bond donors (Lipinski definition) is 0. The lowest BCUT2D eigenvalue weighted by Gasteiger charge is -2.35. The maximum atomic E-state index is 10.4. The van der Waals surface area contributed by atoms with Gasteiger partial charge in [0.05, 0.1) is 11.7 Å². The second-order valence-corrected chi connectivity index (χ2v) is 5.77. The first-order valence-electron chi connectivity index (χ1n) is 7.31. The normalized spacial score (nSPS) is 24.2. The van der Waals surface area contributed by atoms with Crippen molar-refractivity contribution in [3.8, 4) is 0 Å². The monoisotopic (exact) mass is 273 g/mol. The molecule has 2 aromatic heterocycles. The molecule has 3 fully saturated rings. The van der Waals surface area contributed by atoms with E-state index in [-0.39, 0.29) is 0 Å². The van der Waals surface area contributed by atoms with E-state index in [1.165, 1.54) is 6.20 Å². The molecule has 3 aliphatic rings. The summed E-state index contributed by atoms with van der Waals surface area (Å²) in [4.78, 5) is 14.4. The third kappa shape index (κ3) is 2.66. The lowest BCUT2D eigenvalue weighted by atomic mass is 9.71. The van der Waals surface area contributed by atoms with Crippen LogP contribution < -0.4 is 0 Å². The topological polar surface area (TPSA) is 61.0 Å². The molecular formula is C15H19N3O2. The second-order valence-electron chi connectivity index (χ2n) is 5.77. The van der Waals surface area contributed by atoms with Crippen LogP contribution in [0.1, 0.15) is 38.5 Å². The highest BCUT2D eigenvalue weighted by Gasteiger charge is 2.26. The molecule has 0 radical (unpaired) electrons. The van der Waals surface area contributed by atoms with Crippen LogP contribution in [0, 0.1) is 22.0 Å². The van der Waals surface area contributed by atoms with Crippen molar-refractivity contribution < 1.29 is 5.03 Å². The fraction of sp³-hybridized carbons (Fsp3) is 0.533. The zero-order chi connectivity index (χ0) is 13.9. The van der Waals surface area contributed by atoms with E-state index < -0.39 is 5.03 Å². The Kier molecular flexibility index (Phi) is 3.67. The molecular weight excluding hydrogens is 254 g/mol. The number of nitro groups is 1. The standard InChI is InChI=1S/C8H14.C7H5N3O2/c1-2-8-5-3-7(1)4-6-8;11-10(12)9-5-3-6-7(9)2-1-4-8-6/h7-8H,1-6H2;1-5H. The van der Waals surface area contributed by atoms with Crippen molar-refractivity contribution in [3.63, 3.8) is 0 Å². The van der Waals surface area contributed by atoms with Crippen LogP contribution in [0.15, 0.2) is 30.6 Å². The van der Waals surface area contributed by atoms with E-state index in [4.69, 9.17) is 0 Å².